The van der Waals surface area contributed by atoms with Crippen molar-refractivity contribution in [2.24, 2.45) is 4.99 Å². The normalized spacial score (nSPS) is 12.8. The molecule has 0 amide bonds. The van der Waals surface area contributed by atoms with E-state index in [4.69, 9.17) is 0 Å². The Morgan fingerprint density at radius 2 is 1.90 bits per heavy atom. The van der Waals surface area contributed by atoms with Crippen molar-refractivity contribution in [1.82, 2.24) is 0 Å². The second-order valence-corrected chi connectivity index (χ2v) is 5.33. The number of unbranched alkanes of at least 4 members (excludes halogenated alkanes) is 3. The number of anilines is 1. The molecule has 1 aromatic carbocycles. The van der Waals surface area contributed by atoms with Gasteiger partial charge in [0.2, 0.25) is 0 Å². The largest absolute Gasteiger partial charge is 0.386 e. The Morgan fingerprint density at radius 1 is 1.20 bits per heavy atom. The summed E-state index contributed by atoms with van der Waals surface area (Å²) in [4.78, 5) is 4.29. The van der Waals surface area contributed by atoms with Crippen molar-refractivity contribution in [3.05, 3.63) is 29.3 Å². The number of aliphatic imine (C=N–C) groups is 1. The molecule has 0 aromatic heterocycles. The van der Waals surface area contributed by atoms with Crippen LogP contribution in [0.2, 0.25) is 0 Å². The Kier molecular flexibility index (Phi) is 7.97. The average Bonchev–Trinajstić information content (AvgIpc) is 2.42. The SMILES string of the molecule is CCCCCCN=CC(O)CNc1c(C)cccc1C. The van der Waals surface area contributed by atoms with Crippen molar-refractivity contribution in [2.75, 3.05) is 18.4 Å². The minimum absolute atomic E-state index is 0.504. The van der Waals surface area contributed by atoms with Gasteiger partial charge in [0.1, 0.15) is 6.10 Å². The molecule has 0 saturated heterocycles. The molecular formula is C17H28N2O. The van der Waals surface area contributed by atoms with Crippen LogP contribution in [0.1, 0.15) is 43.7 Å². The molecule has 0 aliphatic heterocycles. The fourth-order valence-corrected chi connectivity index (χ4v) is 2.18. The molecule has 3 heteroatoms. The summed E-state index contributed by atoms with van der Waals surface area (Å²) in [5.41, 5.74) is 3.52. The zero-order valence-electron chi connectivity index (χ0n) is 13.0. The molecule has 1 rings (SSSR count). The van der Waals surface area contributed by atoms with Crippen LogP contribution in [0.3, 0.4) is 0 Å². The van der Waals surface area contributed by atoms with E-state index >= 15 is 0 Å². The number of hydrogen-bond acceptors (Lipinski definition) is 3. The second-order valence-electron chi connectivity index (χ2n) is 5.33. The topological polar surface area (TPSA) is 44.6 Å². The lowest BCUT2D eigenvalue weighted by Gasteiger charge is -2.14. The van der Waals surface area contributed by atoms with Gasteiger partial charge in [-0.15, -0.1) is 0 Å². The molecule has 1 unspecified atom stereocenters. The molecule has 0 spiro atoms. The van der Waals surface area contributed by atoms with Gasteiger partial charge in [-0.1, -0.05) is 44.4 Å². The molecule has 0 saturated carbocycles. The van der Waals surface area contributed by atoms with E-state index < -0.39 is 6.10 Å². The van der Waals surface area contributed by atoms with Crippen molar-refractivity contribution in [1.29, 1.82) is 0 Å². The van der Waals surface area contributed by atoms with Crippen LogP contribution in [0, 0.1) is 13.8 Å². The number of aliphatic hydroxyl groups is 1. The summed E-state index contributed by atoms with van der Waals surface area (Å²) >= 11 is 0. The number of aryl methyl sites for hydroxylation is 2. The fraction of sp³-hybridized carbons (Fsp3) is 0.588. The van der Waals surface area contributed by atoms with Crippen molar-refractivity contribution >= 4 is 11.9 Å². The first kappa shape index (κ1) is 16.7. The van der Waals surface area contributed by atoms with Gasteiger partial charge in [-0.05, 0) is 31.4 Å². The van der Waals surface area contributed by atoms with E-state index in [0.29, 0.717) is 6.54 Å². The number of para-hydroxylation sites is 1. The van der Waals surface area contributed by atoms with Gasteiger partial charge in [0.25, 0.3) is 0 Å². The van der Waals surface area contributed by atoms with Crippen LogP contribution in [-0.2, 0) is 0 Å². The van der Waals surface area contributed by atoms with Crippen molar-refractivity contribution in [3.8, 4) is 0 Å². The van der Waals surface area contributed by atoms with Crippen LogP contribution in [0.15, 0.2) is 23.2 Å². The zero-order valence-corrected chi connectivity index (χ0v) is 13.0. The molecule has 0 fully saturated rings. The van der Waals surface area contributed by atoms with E-state index in [1.807, 2.05) is 6.07 Å². The van der Waals surface area contributed by atoms with Gasteiger partial charge in [0.15, 0.2) is 0 Å². The summed E-state index contributed by atoms with van der Waals surface area (Å²) in [6.07, 6.45) is 5.98. The number of nitrogens with zero attached hydrogens (tertiary/aromatic N) is 1. The number of nitrogens with one attached hydrogen (secondary N) is 1. The molecule has 0 heterocycles. The average molecular weight is 276 g/mol. The van der Waals surface area contributed by atoms with E-state index in [0.717, 1.165) is 18.7 Å². The van der Waals surface area contributed by atoms with Gasteiger partial charge in [0.05, 0.1) is 0 Å². The van der Waals surface area contributed by atoms with Crippen LogP contribution < -0.4 is 5.32 Å². The molecule has 0 radical (unpaired) electrons. The van der Waals surface area contributed by atoms with Crippen LogP contribution in [0.25, 0.3) is 0 Å². The molecule has 0 aliphatic carbocycles. The maximum Gasteiger partial charge on any atom is 0.106 e. The minimum Gasteiger partial charge on any atom is -0.386 e. The van der Waals surface area contributed by atoms with Crippen LogP contribution in [0.5, 0.6) is 0 Å². The molecule has 1 atom stereocenters. The summed E-state index contributed by atoms with van der Waals surface area (Å²) in [7, 11) is 0. The molecule has 1 aromatic rings. The van der Waals surface area contributed by atoms with Gasteiger partial charge in [-0.2, -0.15) is 0 Å². The first-order chi connectivity index (χ1) is 9.65. The Balaban J connectivity index is 2.29. The number of hydrogen-bond donors (Lipinski definition) is 2. The van der Waals surface area contributed by atoms with Crippen LogP contribution >= 0.6 is 0 Å². The van der Waals surface area contributed by atoms with Crippen LogP contribution in [0.4, 0.5) is 5.69 Å². The Bertz CT molecular complexity index is 395. The van der Waals surface area contributed by atoms with E-state index in [2.05, 4.69) is 43.2 Å². The molecule has 3 nitrogen and oxygen atoms in total. The van der Waals surface area contributed by atoms with E-state index in [1.54, 1.807) is 6.21 Å². The third-order valence-electron chi connectivity index (χ3n) is 3.39. The molecule has 20 heavy (non-hydrogen) atoms. The van der Waals surface area contributed by atoms with Crippen molar-refractivity contribution < 1.29 is 5.11 Å². The number of rotatable bonds is 9. The highest BCUT2D eigenvalue weighted by Crippen LogP contribution is 2.18. The molecule has 112 valence electrons. The standard InChI is InChI=1S/C17H28N2O/c1-4-5-6-7-11-18-12-16(20)13-19-17-14(2)9-8-10-15(17)3/h8-10,12,16,19-20H,4-7,11,13H2,1-3H3. The van der Waals surface area contributed by atoms with Crippen molar-refractivity contribution in [3.63, 3.8) is 0 Å². The lowest BCUT2D eigenvalue weighted by atomic mass is 10.1. The third-order valence-corrected chi connectivity index (χ3v) is 3.39. The van der Waals surface area contributed by atoms with Gasteiger partial charge in [0, 0.05) is 25.0 Å². The highest BCUT2D eigenvalue weighted by atomic mass is 16.3. The molecule has 0 bridgehead atoms. The van der Waals surface area contributed by atoms with Gasteiger partial charge < -0.3 is 10.4 Å². The van der Waals surface area contributed by atoms with Gasteiger partial charge in [-0.25, -0.2) is 0 Å². The van der Waals surface area contributed by atoms with E-state index in [9.17, 15) is 5.11 Å². The summed E-state index contributed by atoms with van der Waals surface area (Å²) in [6, 6.07) is 6.19. The molecular weight excluding hydrogens is 248 g/mol. The van der Waals surface area contributed by atoms with Crippen molar-refractivity contribution in [2.45, 2.75) is 52.6 Å². The quantitative estimate of drug-likeness (QED) is 0.533. The van der Waals surface area contributed by atoms with Gasteiger partial charge in [-0.3, -0.25) is 4.99 Å². The van der Waals surface area contributed by atoms with Gasteiger partial charge >= 0.3 is 0 Å². The van der Waals surface area contributed by atoms with E-state index in [1.165, 1.54) is 30.4 Å². The summed E-state index contributed by atoms with van der Waals surface area (Å²) in [6.45, 7) is 7.67. The summed E-state index contributed by atoms with van der Waals surface area (Å²) in [5, 5.41) is 13.2. The molecule has 0 aliphatic rings. The Morgan fingerprint density at radius 3 is 2.55 bits per heavy atom. The minimum atomic E-state index is -0.528. The molecule has 2 N–H and O–H groups in total. The Labute approximate surface area is 123 Å². The maximum absolute atomic E-state index is 9.88. The maximum atomic E-state index is 9.88. The first-order valence-electron chi connectivity index (χ1n) is 7.63. The van der Waals surface area contributed by atoms with Crippen LogP contribution in [-0.4, -0.2) is 30.5 Å². The lowest BCUT2D eigenvalue weighted by Crippen LogP contribution is -2.21. The highest BCUT2D eigenvalue weighted by Gasteiger charge is 2.04. The first-order valence-corrected chi connectivity index (χ1v) is 7.63. The second kappa shape index (κ2) is 9.54. The summed E-state index contributed by atoms with van der Waals surface area (Å²) < 4.78 is 0. The monoisotopic (exact) mass is 276 g/mol. The zero-order chi connectivity index (χ0) is 14.8. The lowest BCUT2D eigenvalue weighted by molar-refractivity contribution is 0.259. The smallest absolute Gasteiger partial charge is 0.106 e. The highest BCUT2D eigenvalue weighted by molar-refractivity contribution is 5.65. The Hall–Kier alpha value is -1.35. The third kappa shape index (κ3) is 6.20. The predicted octanol–water partition coefficient (Wildman–Crippen LogP) is 3.73. The number of benzene rings is 1. The number of aliphatic hydroxyl groups excluding tert-OH is 1. The van der Waals surface area contributed by atoms with E-state index in [-0.39, 0.29) is 0 Å². The predicted molar refractivity (Wildman–Crippen MR) is 87.9 cm³/mol. The fourth-order valence-electron chi connectivity index (χ4n) is 2.18. The summed E-state index contributed by atoms with van der Waals surface area (Å²) in [5.74, 6) is 0.